The Hall–Kier alpha value is -1.24. The summed E-state index contributed by atoms with van der Waals surface area (Å²) in [5.41, 5.74) is 2.43. The second-order valence-corrected chi connectivity index (χ2v) is 3.51. The van der Waals surface area contributed by atoms with E-state index in [2.05, 4.69) is 35.7 Å². The molecule has 2 rings (SSSR count). The Morgan fingerprint density at radius 3 is 2.31 bits per heavy atom. The summed E-state index contributed by atoms with van der Waals surface area (Å²) in [6, 6.07) is 10.4. The van der Waals surface area contributed by atoms with Crippen molar-refractivity contribution in [1.29, 1.82) is 0 Å². The number of likely N-dealkylation sites (tertiary alicyclic amines) is 1. The fourth-order valence-corrected chi connectivity index (χ4v) is 1.80. The summed E-state index contributed by atoms with van der Waals surface area (Å²) in [7, 11) is 0. The summed E-state index contributed by atoms with van der Waals surface area (Å²) in [5, 5.41) is 0. The summed E-state index contributed by atoms with van der Waals surface area (Å²) >= 11 is 0. The Kier molecular flexibility index (Phi) is 2.35. The largest absolute Gasteiger partial charge is 0.372 e. The number of hydrogen-bond donors (Lipinski definition) is 0. The highest BCUT2D eigenvalue weighted by Crippen LogP contribution is 2.21. The van der Waals surface area contributed by atoms with Crippen LogP contribution in [-0.2, 0) is 0 Å². The normalized spacial score (nSPS) is 16.2. The first-order valence-corrected chi connectivity index (χ1v) is 4.87. The minimum Gasteiger partial charge on any atom is -0.372 e. The predicted octanol–water partition coefficient (Wildman–Crippen LogP) is 2.75. The smallest absolute Gasteiger partial charge is 0.0366 e. The molecule has 1 aromatic carbocycles. The van der Waals surface area contributed by atoms with Crippen LogP contribution in [0.4, 0.5) is 0 Å². The van der Waals surface area contributed by atoms with Gasteiger partial charge in [-0.3, -0.25) is 0 Å². The maximum atomic E-state index is 4.13. The van der Waals surface area contributed by atoms with E-state index >= 15 is 0 Å². The fraction of sp³-hybridized carbons (Fsp3) is 0.333. The van der Waals surface area contributed by atoms with Crippen molar-refractivity contribution < 1.29 is 0 Å². The highest BCUT2D eigenvalue weighted by atomic mass is 15.1. The molecule has 1 fully saturated rings. The first kappa shape index (κ1) is 8.36. The number of hydrogen-bond acceptors (Lipinski definition) is 1. The Bertz CT molecular complexity index is 283. The molecular formula is C12H15N. The maximum Gasteiger partial charge on any atom is 0.0366 e. The zero-order valence-electron chi connectivity index (χ0n) is 7.87. The summed E-state index contributed by atoms with van der Waals surface area (Å²) in [6.45, 7) is 6.48. The highest BCUT2D eigenvalue weighted by molar-refractivity contribution is 5.61. The van der Waals surface area contributed by atoms with Gasteiger partial charge in [-0.05, 0) is 18.4 Å². The molecule has 0 spiro atoms. The Balaban J connectivity index is 2.13. The first-order valence-electron chi connectivity index (χ1n) is 4.87. The van der Waals surface area contributed by atoms with Crippen LogP contribution in [0.25, 0.3) is 5.70 Å². The van der Waals surface area contributed by atoms with Crippen LogP contribution >= 0.6 is 0 Å². The van der Waals surface area contributed by atoms with Crippen LogP contribution in [0, 0.1) is 0 Å². The monoisotopic (exact) mass is 173 g/mol. The molecule has 0 saturated carbocycles. The van der Waals surface area contributed by atoms with Crippen LogP contribution in [0.3, 0.4) is 0 Å². The van der Waals surface area contributed by atoms with Gasteiger partial charge in [0.05, 0.1) is 0 Å². The molecular weight excluding hydrogens is 158 g/mol. The van der Waals surface area contributed by atoms with Crippen molar-refractivity contribution in [1.82, 2.24) is 4.90 Å². The van der Waals surface area contributed by atoms with Crippen molar-refractivity contribution >= 4 is 5.70 Å². The lowest BCUT2D eigenvalue weighted by Crippen LogP contribution is -2.16. The molecule has 0 bridgehead atoms. The van der Waals surface area contributed by atoms with E-state index in [1.807, 2.05) is 6.07 Å². The van der Waals surface area contributed by atoms with Crippen molar-refractivity contribution in [3.63, 3.8) is 0 Å². The van der Waals surface area contributed by atoms with Gasteiger partial charge < -0.3 is 4.90 Å². The van der Waals surface area contributed by atoms with Gasteiger partial charge in [-0.2, -0.15) is 0 Å². The molecule has 0 atom stereocenters. The van der Waals surface area contributed by atoms with Crippen molar-refractivity contribution in [2.45, 2.75) is 12.8 Å². The molecule has 1 heterocycles. The predicted molar refractivity (Wildman–Crippen MR) is 56.3 cm³/mol. The zero-order valence-corrected chi connectivity index (χ0v) is 7.87. The van der Waals surface area contributed by atoms with E-state index in [-0.39, 0.29) is 0 Å². The summed E-state index contributed by atoms with van der Waals surface area (Å²) < 4.78 is 0. The molecule has 0 unspecified atom stereocenters. The van der Waals surface area contributed by atoms with E-state index in [1.54, 1.807) is 0 Å². The molecule has 1 saturated heterocycles. The highest BCUT2D eigenvalue weighted by Gasteiger charge is 2.13. The molecule has 0 amide bonds. The van der Waals surface area contributed by atoms with Crippen molar-refractivity contribution in [3.8, 4) is 0 Å². The van der Waals surface area contributed by atoms with Gasteiger partial charge in [-0.1, -0.05) is 36.9 Å². The van der Waals surface area contributed by atoms with E-state index in [9.17, 15) is 0 Å². The van der Waals surface area contributed by atoms with Crippen molar-refractivity contribution in [2.75, 3.05) is 13.1 Å². The van der Waals surface area contributed by atoms with Crippen molar-refractivity contribution in [3.05, 3.63) is 42.5 Å². The standard InChI is InChI=1S/C12H15N/c1-11(13-9-5-6-10-13)12-7-3-2-4-8-12/h2-4,7-8H,1,5-6,9-10H2. The Morgan fingerprint density at radius 2 is 1.69 bits per heavy atom. The SMILES string of the molecule is C=C(c1ccccc1)N1CCCC1. The van der Waals surface area contributed by atoms with Crippen LogP contribution in [0.2, 0.25) is 0 Å². The Morgan fingerprint density at radius 1 is 1.08 bits per heavy atom. The van der Waals surface area contributed by atoms with Crippen LogP contribution in [-0.4, -0.2) is 18.0 Å². The third-order valence-corrected chi connectivity index (χ3v) is 2.59. The number of rotatable bonds is 2. The van der Waals surface area contributed by atoms with E-state index in [0.717, 1.165) is 0 Å². The average Bonchev–Trinajstić information content (AvgIpc) is 2.71. The average molecular weight is 173 g/mol. The second kappa shape index (κ2) is 3.65. The minimum absolute atomic E-state index is 1.17. The van der Waals surface area contributed by atoms with Crippen molar-refractivity contribution in [2.24, 2.45) is 0 Å². The van der Waals surface area contributed by atoms with Crippen LogP contribution in [0.5, 0.6) is 0 Å². The molecule has 0 N–H and O–H groups in total. The van der Waals surface area contributed by atoms with Crippen LogP contribution in [0.1, 0.15) is 18.4 Å². The molecule has 0 aliphatic carbocycles. The first-order chi connectivity index (χ1) is 6.38. The maximum absolute atomic E-state index is 4.13. The van der Waals surface area contributed by atoms with Gasteiger partial charge in [0.25, 0.3) is 0 Å². The summed E-state index contributed by atoms with van der Waals surface area (Å²) in [5.74, 6) is 0. The molecule has 13 heavy (non-hydrogen) atoms. The number of nitrogens with zero attached hydrogens (tertiary/aromatic N) is 1. The topological polar surface area (TPSA) is 3.24 Å². The van der Waals surface area contributed by atoms with E-state index in [4.69, 9.17) is 0 Å². The molecule has 1 aliphatic rings. The third-order valence-electron chi connectivity index (χ3n) is 2.59. The van der Waals surface area contributed by atoms with Gasteiger partial charge in [0, 0.05) is 18.8 Å². The third kappa shape index (κ3) is 1.74. The fourth-order valence-electron chi connectivity index (χ4n) is 1.80. The summed E-state index contributed by atoms with van der Waals surface area (Å²) in [4.78, 5) is 2.37. The van der Waals surface area contributed by atoms with Crippen LogP contribution < -0.4 is 0 Å². The number of benzene rings is 1. The van der Waals surface area contributed by atoms with Gasteiger partial charge in [-0.25, -0.2) is 0 Å². The molecule has 68 valence electrons. The van der Waals surface area contributed by atoms with Gasteiger partial charge >= 0.3 is 0 Å². The molecule has 1 aromatic rings. The van der Waals surface area contributed by atoms with E-state index in [0.29, 0.717) is 0 Å². The quantitative estimate of drug-likeness (QED) is 0.664. The molecule has 1 heteroatoms. The van der Waals surface area contributed by atoms with E-state index < -0.39 is 0 Å². The molecule has 0 radical (unpaired) electrons. The lowest BCUT2D eigenvalue weighted by Gasteiger charge is -2.20. The Labute approximate surface area is 79.7 Å². The lowest BCUT2D eigenvalue weighted by molar-refractivity contribution is 0.494. The van der Waals surface area contributed by atoms with Gasteiger partial charge in [-0.15, -0.1) is 0 Å². The van der Waals surface area contributed by atoms with Gasteiger partial charge in [0.2, 0.25) is 0 Å². The van der Waals surface area contributed by atoms with E-state index in [1.165, 1.54) is 37.2 Å². The lowest BCUT2D eigenvalue weighted by atomic mass is 10.1. The summed E-state index contributed by atoms with van der Waals surface area (Å²) in [6.07, 6.45) is 2.62. The molecule has 1 aliphatic heterocycles. The molecule has 1 nitrogen and oxygen atoms in total. The molecule has 0 aromatic heterocycles. The minimum atomic E-state index is 1.17. The second-order valence-electron chi connectivity index (χ2n) is 3.51. The van der Waals surface area contributed by atoms with Gasteiger partial charge in [0.15, 0.2) is 0 Å². The van der Waals surface area contributed by atoms with Gasteiger partial charge in [0.1, 0.15) is 0 Å². The van der Waals surface area contributed by atoms with Crippen LogP contribution in [0.15, 0.2) is 36.9 Å². The zero-order chi connectivity index (χ0) is 9.10.